The van der Waals surface area contributed by atoms with E-state index >= 15 is 4.79 Å². The van der Waals surface area contributed by atoms with Crippen LogP contribution in [-0.2, 0) is 0 Å². The number of anilines is 1. The Morgan fingerprint density at radius 3 is 1.52 bits per heavy atom. The van der Waals surface area contributed by atoms with Crippen molar-refractivity contribution in [3.63, 3.8) is 0 Å². The monoisotopic (exact) mass is 792 g/mol. The number of benzene rings is 8. The Hall–Kier alpha value is -9.34. The van der Waals surface area contributed by atoms with Gasteiger partial charge in [-0.25, -0.2) is 14.6 Å². The summed E-state index contributed by atoms with van der Waals surface area (Å²) in [5, 5.41) is 21.6. The molecule has 8 nitrogen and oxygen atoms in total. The van der Waals surface area contributed by atoms with Crippen molar-refractivity contribution in [2.75, 3.05) is 4.90 Å². The molecular weight excluding hydrogens is 765 g/mol. The Kier molecular flexibility index (Phi) is 8.82. The summed E-state index contributed by atoms with van der Waals surface area (Å²) in [6.45, 7) is 15.6. The molecule has 1 aromatic heterocycles. The number of rotatable bonds is 6. The van der Waals surface area contributed by atoms with Crippen LogP contribution in [0.25, 0.3) is 81.7 Å². The number of aromatic nitrogens is 1. The van der Waals surface area contributed by atoms with Gasteiger partial charge >= 0.3 is 0 Å². The van der Waals surface area contributed by atoms with E-state index < -0.39 is 11.8 Å². The van der Waals surface area contributed by atoms with E-state index in [0.29, 0.717) is 72.7 Å². The normalized spacial score (nSPS) is 11.8. The summed E-state index contributed by atoms with van der Waals surface area (Å²) in [4.78, 5) is 38.8. The maximum atomic E-state index is 15.3. The number of hydrogen-bond donors (Lipinski definition) is 0. The summed E-state index contributed by atoms with van der Waals surface area (Å²) in [5.41, 5.74) is 9.98. The van der Waals surface area contributed by atoms with Crippen LogP contribution in [-0.4, -0.2) is 16.4 Å². The lowest BCUT2D eigenvalue weighted by Gasteiger charge is -2.20. The summed E-state index contributed by atoms with van der Waals surface area (Å²) in [6.07, 6.45) is 0. The Morgan fingerprint density at radius 2 is 0.968 bits per heavy atom. The Balaban J connectivity index is 1.27. The fraction of sp³-hybridized carbons (Fsp3) is 0. The number of imide groups is 1. The van der Waals surface area contributed by atoms with Gasteiger partial charge in [0.25, 0.3) is 11.8 Å². The molecule has 286 valence electrons. The molecule has 1 aliphatic rings. The smallest absolute Gasteiger partial charge is 0.268 e. The molecule has 9 aromatic rings. The maximum Gasteiger partial charge on any atom is 0.268 e. The minimum Gasteiger partial charge on any atom is -0.307 e. The van der Waals surface area contributed by atoms with E-state index in [2.05, 4.69) is 21.8 Å². The second-order valence-electron chi connectivity index (χ2n) is 14.8. The van der Waals surface area contributed by atoms with Crippen LogP contribution >= 0.6 is 0 Å². The van der Waals surface area contributed by atoms with Gasteiger partial charge in [0.15, 0.2) is 11.4 Å². The molecule has 0 spiro atoms. The summed E-state index contributed by atoms with van der Waals surface area (Å²) in [7, 11) is 0. The van der Waals surface area contributed by atoms with Crippen molar-refractivity contribution in [3.8, 4) is 62.3 Å². The minimum absolute atomic E-state index is 0.201. The average Bonchev–Trinajstić information content (AvgIpc) is 3.81. The fourth-order valence-corrected chi connectivity index (χ4v) is 8.68. The van der Waals surface area contributed by atoms with Gasteiger partial charge in [-0.3, -0.25) is 9.59 Å². The molecule has 0 N–H and O–H groups in total. The lowest BCUT2D eigenvalue weighted by Crippen LogP contribution is -2.30. The first-order valence-corrected chi connectivity index (χ1v) is 19.6. The molecular formula is C54H28N6O2. The zero-order valence-electron chi connectivity index (χ0n) is 32.7. The fourth-order valence-electron chi connectivity index (χ4n) is 8.68. The quantitative estimate of drug-likeness (QED) is 0.124. The van der Waals surface area contributed by atoms with Crippen LogP contribution in [0.2, 0.25) is 0 Å². The van der Waals surface area contributed by atoms with Gasteiger partial charge in [0.05, 0.1) is 58.8 Å². The number of nitriles is 2. The molecule has 0 saturated heterocycles. The molecule has 0 atom stereocenters. The number of carbonyl (C=O) groups is 2. The van der Waals surface area contributed by atoms with Gasteiger partial charge < -0.3 is 4.57 Å². The number of nitrogens with zero attached hydrogens (tertiary/aromatic N) is 6. The Labute approximate surface area is 356 Å². The van der Waals surface area contributed by atoms with Crippen LogP contribution in [0.4, 0.5) is 17.1 Å². The van der Waals surface area contributed by atoms with Gasteiger partial charge in [0, 0.05) is 38.6 Å². The van der Waals surface area contributed by atoms with Gasteiger partial charge in [-0.05, 0) is 88.5 Å². The van der Waals surface area contributed by atoms with Crippen LogP contribution < -0.4 is 4.90 Å². The van der Waals surface area contributed by atoms with E-state index in [9.17, 15) is 15.3 Å². The highest BCUT2D eigenvalue weighted by atomic mass is 16.2. The lowest BCUT2D eigenvalue weighted by atomic mass is 9.97. The predicted molar refractivity (Wildman–Crippen MR) is 242 cm³/mol. The zero-order valence-corrected chi connectivity index (χ0v) is 32.7. The number of para-hydroxylation sites is 2. The molecule has 8 aromatic carbocycles. The van der Waals surface area contributed by atoms with Gasteiger partial charge in [0.2, 0.25) is 0 Å². The van der Waals surface area contributed by atoms with Crippen LogP contribution in [0.5, 0.6) is 0 Å². The molecule has 62 heavy (non-hydrogen) atoms. The van der Waals surface area contributed by atoms with Crippen LogP contribution in [0.3, 0.4) is 0 Å². The molecule has 0 saturated carbocycles. The van der Waals surface area contributed by atoms with Gasteiger partial charge in [-0.1, -0.05) is 109 Å². The largest absolute Gasteiger partial charge is 0.307 e. The predicted octanol–water partition coefficient (Wildman–Crippen LogP) is 13.1. The minimum atomic E-state index is -0.501. The molecule has 0 radical (unpaired) electrons. The molecule has 0 unspecified atom stereocenters. The van der Waals surface area contributed by atoms with Crippen LogP contribution in [0, 0.1) is 35.8 Å². The van der Waals surface area contributed by atoms with Crippen molar-refractivity contribution in [1.82, 2.24) is 4.57 Å². The molecule has 8 heteroatoms. The highest BCUT2D eigenvalue weighted by Crippen LogP contribution is 2.46. The van der Waals surface area contributed by atoms with Crippen LogP contribution in [0.15, 0.2) is 170 Å². The van der Waals surface area contributed by atoms with Gasteiger partial charge in [-0.2, -0.15) is 10.5 Å². The standard InChI is InChI=1S/C54H28N6O2/c1-57-40-26-33(31-55)24-38(28-40)42-16-9-18-44-45-19-10-17-43(39-25-34(32-56)27-41(29-39)58-2)52(45)59(51(42)44)49-21-11-20-46-50(49)54(62)60(53(46)61)48-23-22-37(35-12-5-3-6-13-35)30-47(48)36-14-7-4-8-15-36/h3-30H. The first-order chi connectivity index (χ1) is 30.4. The van der Waals surface area contributed by atoms with Crippen molar-refractivity contribution in [1.29, 1.82) is 10.5 Å². The number of amides is 2. The first-order valence-electron chi connectivity index (χ1n) is 19.6. The average molecular weight is 793 g/mol. The maximum absolute atomic E-state index is 15.3. The summed E-state index contributed by atoms with van der Waals surface area (Å²) >= 11 is 0. The van der Waals surface area contributed by atoms with Gasteiger partial charge in [-0.15, -0.1) is 0 Å². The summed E-state index contributed by atoms with van der Waals surface area (Å²) in [6, 6.07) is 56.7. The van der Waals surface area contributed by atoms with Crippen molar-refractivity contribution in [2.24, 2.45) is 0 Å². The van der Waals surface area contributed by atoms with Crippen LogP contribution in [0.1, 0.15) is 31.8 Å². The van der Waals surface area contributed by atoms with E-state index in [0.717, 1.165) is 27.5 Å². The highest BCUT2D eigenvalue weighted by Gasteiger charge is 2.41. The molecule has 1 aliphatic heterocycles. The molecule has 2 amide bonds. The van der Waals surface area contributed by atoms with E-state index in [1.807, 2.05) is 126 Å². The van der Waals surface area contributed by atoms with Crippen molar-refractivity contribution >= 4 is 50.7 Å². The Morgan fingerprint density at radius 1 is 0.435 bits per heavy atom. The zero-order chi connectivity index (χ0) is 42.5. The molecule has 0 fully saturated rings. The van der Waals surface area contributed by atoms with E-state index in [1.165, 1.54) is 4.90 Å². The number of carbonyl (C=O) groups excluding carboxylic acids is 2. The lowest BCUT2D eigenvalue weighted by molar-refractivity contribution is 0.0926. The third-order valence-electron chi connectivity index (χ3n) is 11.3. The first kappa shape index (κ1) is 37.0. The second kappa shape index (κ2) is 14.8. The SMILES string of the molecule is [C-]#[N+]c1cc(C#N)cc(-c2cccc3c4cccc(-c5cc(C#N)cc([N+]#[C-])c5)c4n(-c4cccc5c4C(=O)N(c4ccc(-c6ccccc6)cc4-c4ccccc4)C5=O)c23)c1. The van der Waals surface area contributed by atoms with E-state index in [4.69, 9.17) is 13.1 Å². The topological polar surface area (TPSA) is 98.6 Å². The second-order valence-corrected chi connectivity index (χ2v) is 14.8. The molecule has 2 heterocycles. The molecule has 10 rings (SSSR count). The third kappa shape index (κ3) is 5.89. The number of fused-ring (bicyclic) bond motifs is 4. The third-order valence-corrected chi connectivity index (χ3v) is 11.3. The highest BCUT2D eigenvalue weighted by molar-refractivity contribution is 6.36. The van der Waals surface area contributed by atoms with Crippen molar-refractivity contribution < 1.29 is 9.59 Å². The summed E-state index contributed by atoms with van der Waals surface area (Å²) < 4.78 is 1.98. The van der Waals surface area contributed by atoms with Crippen molar-refractivity contribution in [2.45, 2.75) is 0 Å². The summed E-state index contributed by atoms with van der Waals surface area (Å²) in [5.74, 6) is -0.969. The Bertz CT molecular complexity index is 3360. The van der Waals surface area contributed by atoms with Crippen molar-refractivity contribution in [3.05, 3.63) is 215 Å². The van der Waals surface area contributed by atoms with E-state index in [1.54, 1.807) is 48.5 Å². The van der Waals surface area contributed by atoms with Gasteiger partial charge in [0.1, 0.15) is 0 Å². The molecule has 0 bridgehead atoms. The molecule has 0 aliphatic carbocycles. The van der Waals surface area contributed by atoms with E-state index in [-0.39, 0.29) is 11.1 Å². The number of hydrogen-bond acceptors (Lipinski definition) is 4.